The first kappa shape index (κ1) is 14.2. The summed E-state index contributed by atoms with van der Waals surface area (Å²) in [6.45, 7) is 5.90. The quantitative estimate of drug-likeness (QED) is 0.745. The Hall–Kier alpha value is -1.88. The van der Waals surface area contributed by atoms with Gasteiger partial charge in [0.25, 0.3) is 5.91 Å². The van der Waals surface area contributed by atoms with Crippen LogP contribution in [0, 0.1) is 6.92 Å². The topological polar surface area (TPSA) is 84.2 Å². The van der Waals surface area contributed by atoms with Crippen molar-refractivity contribution in [2.45, 2.75) is 26.8 Å². The van der Waals surface area contributed by atoms with Crippen LogP contribution in [0.4, 0.5) is 5.69 Å². The summed E-state index contributed by atoms with van der Waals surface area (Å²) in [5, 5.41) is 5.43. The van der Waals surface area contributed by atoms with Gasteiger partial charge in [-0.2, -0.15) is 0 Å². The number of benzene rings is 1. The summed E-state index contributed by atoms with van der Waals surface area (Å²) in [6, 6.07) is 4.56. The second-order valence-electron chi connectivity index (χ2n) is 4.17. The molecule has 0 fully saturated rings. The van der Waals surface area contributed by atoms with Crippen molar-refractivity contribution in [1.82, 2.24) is 5.32 Å². The predicted molar refractivity (Wildman–Crippen MR) is 71.5 cm³/mol. The van der Waals surface area contributed by atoms with Crippen LogP contribution in [0.5, 0.6) is 0 Å². The van der Waals surface area contributed by atoms with Gasteiger partial charge < -0.3 is 16.4 Å². The Morgan fingerprint density at radius 1 is 1.39 bits per heavy atom. The number of carbonyl (C=O) groups is 2. The molecule has 5 heteroatoms. The third-order valence-electron chi connectivity index (χ3n) is 2.50. The zero-order valence-electron chi connectivity index (χ0n) is 10.9. The van der Waals surface area contributed by atoms with Crippen LogP contribution in [0.25, 0.3) is 0 Å². The Labute approximate surface area is 107 Å². The van der Waals surface area contributed by atoms with Crippen LogP contribution < -0.4 is 16.4 Å². The van der Waals surface area contributed by atoms with Gasteiger partial charge in [-0.05, 0) is 44.5 Å². The van der Waals surface area contributed by atoms with Crippen LogP contribution in [0.1, 0.15) is 29.8 Å². The van der Waals surface area contributed by atoms with Crippen molar-refractivity contribution in [3.05, 3.63) is 29.3 Å². The minimum atomic E-state index is -0.563. The molecule has 0 aliphatic carbocycles. The molecule has 1 atom stereocenters. The monoisotopic (exact) mass is 249 g/mol. The van der Waals surface area contributed by atoms with Gasteiger partial charge in [0, 0.05) is 17.8 Å². The zero-order chi connectivity index (χ0) is 13.7. The largest absolute Gasteiger partial charge is 0.352 e. The van der Waals surface area contributed by atoms with E-state index in [4.69, 9.17) is 5.73 Å². The lowest BCUT2D eigenvalue weighted by molar-refractivity contribution is -0.117. The Kier molecular flexibility index (Phi) is 4.85. The molecule has 0 radical (unpaired) electrons. The number of hydrogen-bond acceptors (Lipinski definition) is 3. The van der Waals surface area contributed by atoms with E-state index in [1.807, 2.05) is 13.8 Å². The lowest BCUT2D eigenvalue weighted by Crippen LogP contribution is -2.32. The van der Waals surface area contributed by atoms with Crippen LogP contribution in [0.15, 0.2) is 18.2 Å². The van der Waals surface area contributed by atoms with Crippen molar-refractivity contribution < 1.29 is 9.59 Å². The highest BCUT2D eigenvalue weighted by Gasteiger charge is 2.11. The first-order valence-electron chi connectivity index (χ1n) is 5.91. The average molecular weight is 249 g/mol. The van der Waals surface area contributed by atoms with Crippen LogP contribution in [-0.4, -0.2) is 24.4 Å². The number of hydrogen-bond donors (Lipinski definition) is 3. The summed E-state index contributed by atoms with van der Waals surface area (Å²) in [5.41, 5.74) is 7.55. The molecule has 0 aromatic heterocycles. The molecule has 0 heterocycles. The van der Waals surface area contributed by atoms with E-state index in [1.165, 1.54) is 0 Å². The highest BCUT2D eigenvalue weighted by Crippen LogP contribution is 2.16. The molecule has 1 aromatic rings. The van der Waals surface area contributed by atoms with Gasteiger partial charge in [-0.3, -0.25) is 9.59 Å². The molecule has 0 bridgehead atoms. The summed E-state index contributed by atoms with van der Waals surface area (Å²) >= 11 is 0. The van der Waals surface area contributed by atoms with Crippen molar-refractivity contribution in [1.29, 1.82) is 0 Å². The zero-order valence-corrected chi connectivity index (χ0v) is 10.9. The van der Waals surface area contributed by atoms with Gasteiger partial charge in [-0.15, -0.1) is 0 Å². The molecule has 0 spiro atoms. The number of anilines is 1. The lowest BCUT2D eigenvalue weighted by atomic mass is 10.1. The standard InChI is InChI=1S/C13H19N3O2/c1-4-15-13(18)10-5-6-11(8(2)7-10)16-12(17)9(3)14/h5-7,9H,4,14H2,1-3H3,(H,15,18)(H,16,17). The normalized spacial score (nSPS) is 11.8. The number of amides is 2. The maximum Gasteiger partial charge on any atom is 0.251 e. The van der Waals surface area contributed by atoms with Crippen molar-refractivity contribution in [3.63, 3.8) is 0 Å². The average Bonchev–Trinajstić information content (AvgIpc) is 2.31. The minimum absolute atomic E-state index is 0.120. The van der Waals surface area contributed by atoms with Gasteiger partial charge in [0.15, 0.2) is 0 Å². The summed E-state index contributed by atoms with van der Waals surface area (Å²) in [6.07, 6.45) is 0. The first-order chi connectivity index (χ1) is 8.45. The van der Waals surface area contributed by atoms with E-state index in [2.05, 4.69) is 10.6 Å². The van der Waals surface area contributed by atoms with Gasteiger partial charge in [0.2, 0.25) is 5.91 Å². The number of carbonyl (C=O) groups excluding carboxylic acids is 2. The third kappa shape index (κ3) is 3.56. The van der Waals surface area contributed by atoms with Gasteiger partial charge >= 0.3 is 0 Å². The smallest absolute Gasteiger partial charge is 0.251 e. The number of nitrogens with two attached hydrogens (primary N) is 1. The van der Waals surface area contributed by atoms with E-state index in [0.717, 1.165) is 5.56 Å². The van der Waals surface area contributed by atoms with Gasteiger partial charge in [-0.25, -0.2) is 0 Å². The Morgan fingerprint density at radius 2 is 2.06 bits per heavy atom. The SMILES string of the molecule is CCNC(=O)c1ccc(NC(=O)C(C)N)c(C)c1. The molecule has 0 aliphatic rings. The fourth-order valence-corrected chi connectivity index (χ4v) is 1.45. The molecule has 98 valence electrons. The van der Waals surface area contributed by atoms with Gasteiger partial charge in [0.05, 0.1) is 6.04 Å². The third-order valence-corrected chi connectivity index (χ3v) is 2.50. The molecule has 0 saturated carbocycles. The second kappa shape index (κ2) is 6.16. The van der Waals surface area contributed by atoms with E-state index in [0.29, 0.717) is 17.8 Å². The fraction of sp³-hybridized carbons (Fsp3) is 0.385. The maximum absolute atomic E-state index is 11.6. The number of rotatable bonds is 4. The lowest BCUT2D eigenvalue weighted by Gasteiger charge is -2.11. The molecule has 5 nitrogen and oxygen atoms in total. The molecule has 2 amide bonds. The van der Waals surface area contributed by atoms with E-state index in [9.17, 15) is 9.59 Å². The van der Waals surface area contributed by atoms with Crippen LogP contribution in [-0.2, 0) is 4.79 Å². The Bertz CT molecular complexity index is 456. The molecular formula is C13H19N3O2. The molecule has 4 N–H and O–H groups in total. The first-order valence-corrected chi connectivity index (χ1v) is 5.91. The summed E-state index contributed by atoms with van der Waals surface area (Å²) in [7, 11) is 0. The van der Waals surface area contributed by atoms with Crippen molar-refractivity contribution in [2.24, 2.45) is 5.73 Å². The molecule has 18 heavy (non-hydrogen) atoms. The summed E-state index contributed by atoms with van der Waals surface area (Å²) in [5.74, 6) is -0.366. The molecule has 0 aliphatic heterocycles. The maximum atomic E-state index is 11.6. The van der Waals surface area contributed by atoms with Crippen molar-refractivity contribution in [3.8, 4) is 0 Å². The van der Waals surface area contributed by atoms with Gasteiger partial charge in [0.1, 0.15) is 0 Å². The molecule has 1 rings (SSSR count). The van der Waals surface area contributed by atoms with Crippen molar-refractivity contribution in [2.75, 3.05) is 11.9 Å². The summed E-state index contributed by atoms with van der Waals surface area (Å²) < 4.78 is 0. The Morgan fingerprint density at radius 3 is 2.56 bits per heavy atom. The molecular weight excluding hydrogens is 230 g/mol. The van der Waals surface area contributed by atoms with Crippen molar-refractivity contribution >= 4 is 17.5 Å². The molecule has 1 unspecified atom stereocenters. The van der Waals surface area contributed by atoms with Crippen LogP contribution in [0.3, 0.4) is 0 Å². The highest BCUT2D eigenvalue weighted by molar-refractivity contribution is 5.97. The van der Waals surface area contributed by atoms with Gasteiger partial charge in [-0.1, -0.05) is 0 Å². The van der Waals surface area contributed by atoms with E-state index in [1.54, 1.807) is 25.1 Å². The predicted octanol–water partition coefficient (Wildman–Crippen LogP) is 1.03. The van der Waals surface area contributed by atoms with E-state index in [-0.39, 0.29) is 11.8 Å². The molecule has 0 saturated heterocycles. The van der Waals surface area contributed by atoms with E-state index >= 15 is 0 Å². The summed E-state index contributed by atoms with van der Waals surface area (Å²) in [4.78, 5) is 23.1. The van der Waals surface area contributed by atoms with Crippen LogP contribution in [0.2, 0.25) is 0 Å². The minimum Gasteiger partial charge on any atom is -0.352 e. The van der Waals surface area contributed by atoms with E-state index < -0.39 is 6.04 Å². The fourth-order valence-electron chi connectivity index (χ4n) is 1.45. The second-order valence-corrected chi connectivity index (χ2v) is 4.17. The number of nitrogens with one attached hydrogen (secondary N) is 2. The highest BCUT2D eigenvalue weighted by atomic mass is 16.2. The van der Waals surface area contributed by atoms with Crippen LogP contribution >= 0.6 is 0 Å². The molecule has 1 aromatic carbocycles. The Balaban J connectivity index is 2.86. The number of aryl methyl sites for hydroxylation is 1.